The van der Waals surface area contributed by atoms with Crippen LogP contribution >= 0.6 is 0 Å². The van der Waals surface area contributed by atoms with E-state index >= 15 is 0 Å². The summed E-state index contributed by atoms with van der Waals surface area (Å²) >= 11 is 0. The van der Waals surface area contributed by atoms with E-state index in [2.05, 4.69) is 0 Å². The van der Waals surface area contributed by atoms with Crippen molar-refractivity contribution < 1.29 is 36.6 Å². The molecule has 1 N–H and O–H groups in total. The molecule has 0 spiro atoms. The molecule has 0 saturated heterocycles. The lowest BCUT2D eigenvalue weighted by atomic mass is 10.1. The molecule has 0 aromatic heterocycles. The Hall–Kier alpha value is -3.03. The van der Waals surface area contributed by atoms with Crippen molar-refractivity contribution in [1.82, 2.24) is 0 Å². The van der Waals surface area contributed by atoms with Crippen LogP contribution in [0.5, 0.6) is 11.5 Å². The van der Waals surface area contributed by atoms with Crippen LogP contribution in [0.2, 0.25) is 0 Å². The first-order chi connectivity index (χ1) is 13.5. The Morgan fingerprint density at radius 1 is 1.24 bits per heavy atom. The smallest absolute Gasteiger partial charge is 0.303 e. The molecule has 1 aliphatic carbocycles. The molecule has 2 aromatic rings. The second kappa shape index (κ2) is 7.42. The highest BCUT2D eigenvalue weighted by Crippen LogP contribution is 2.50. The summed E-state index contributed by atoms with van der Waals surface area (Å²) in [5.41, 5.74) is -0.502. The van der Waals surface area contributed by atoms with Gasteiger partial charge in [0.05, 0.1) is 16.5 Å². The number of fused-ring (bicyclic) bond motifs is 1. The van der Waals surface area contributed by atoms with Crippen LogP contribution in [0.4, 0.5) is 8.78 Å². The molecule has 2 aromatic carbocycles. The maximum Gasteiger partial charge on any atom is 0.303 e. The largest absolute Gasteiger partial charge is 0.457 e. The summed E-state index contributed by atoms with van der Waals surface area (Å²) in [6, 6.07) is 7.22. The first-order valence-electron chi connectivity index (χ1n) is 8.27. The maximum atomic E-state index is 14.7. The highest BCUT2D eigenvalue weighted by atomic mass is 32.2. The number of aliphatic hydroxyl groups excluding tert-OH is 1. The van der Waals surface area contributed by atoms with Crippen LogP contribution in [-0.4, -0.2) is 31.9 Å². The van der Waals surface area contributed by atoms with Crippen molar-refractivity contribution in [3.63, 3.8) is 0 Å². The summed E-state index contributed by atoms with van der Waals surface area (Å²) < 4.78 is 63.2. The van der Waals surface area contributed by atoms with Gasteiger partial charge in [-0.2, -0.15) is 5.26 Å². The molecule has 29 heavy (non-hydrogen) atoms. The minimum Gasteiger partial charge on any atom is -0.457 e. The van der Waals surface area contributed by atoms with E-state index in [1.54, 1.807) is 6.07 Å². The zero-order chi connectivity index (χ0) is 21.5. The first-order valence-corrected chi connectivity index (χ1v) is 10.2. The Balaban J connectivity index is 2.20. The number of hydrogen-bond acceptors (Lipinski definition) is 7. The Labute approximate surface area is 165 Å². The van der Waals surface area contributed by atoms with E-state index in [0.717, 1.165) is 31.4 Å². The van der Waals surface area contributed by atoms with Crippen LogP contribution < -0.4 is 4.74 Å². The molecule has 0 heterocycles. The van der Waals surface area contributed by atoms with Gasteiger partial charge in [-0.15, -0.1) is 0 Å². The van der Waals surface area contributed by atoms with Crippen molar-refractivity contribution in [2.75, 3.05) is 6.26 Å². The number of halogens is 2. The number of alkyl halides is 1. The number of carbonyl (C=O) groups is 1. The van der Waals surface area contributed by atoms with Gasteiger partial charge in [-0.05, 0) is 24.3 Å². The van der Waals surface area contributed by atoms with Crippen molar-refractivity contribution in [1.29, 1.82) is 5.26 Å². The average Bonchev–Trinajstić information content (AvgIpc) is 2.85. The topological polar surface area (TPSA) is 114 Å². The Kier molecular flexibility index (Phi) is 5.30. The third-order valence-electron chi connectivity index (χ3n) is 4.30. The van der Waals surface area contributed by atoms with Gasteiger partial charge in [-0.1, -0.05) is 0 Å². The Bertz CT molecular complexity index is 1140. The standard InChI is InChI=1S/C19H15F2NO6S/c1-9(23)27-19-16-14(29(2,25)26)4-3-13(15(16)18(24)17(19)21)28-12-6-10(8-22)5-11(20)7-12/h3-7,17-19,24H,1-2H3/t17-,18-,19+/m1/s1. The number of hydrogen-bond donors (Lipinski definition) is 1. The van der Waals surface area contributed by atoms with E-state index in [4.69, 9.17) is 14.7 Å². The average molecular weight is 423 g/mol. The minimum atomic E-state index is -3.88. The number of rotatable bonds is 4. The fourth-order valence-corrected chi connectivity index (χ4v) is 4.15. The fourth-order valence-electron chi connectivity index (χ4n) is 3.21. The van der Waals surface area contributed by atoms with Gasteiger partial charge in [0.25, 0.3) is 0 Å². The molecule has 10 heteroatoms. The van der Waals surface area contributed by atoms with Crippen LogP contribution in [0.3, 0.4) is 0 Å². The van der Waals surface area contributed by atoms with Gasteiger partial charge in [0.2, 0.25) is 0 Å². The summed E-state index contributed by atoms with van der Waals surface area (Å²) in [5, 5.41) is 19.3. The molecule has 0 fully saturated rings. The zero-order valence-corrected chi connectivity index (χ0v) is 16.0. The third kappa shape index (κ3) is 3.92. The molecule has 0 unspecified atom stereocenters. The normalized spacial score (nSPS) is 20.6. The summed E-state index contributed by atoms with van der Waals surface area (Å²) in [4.78, 5) is 11.1. The molecule has 152 valence electrons. The highest BCUT2D eigenvalue weighted by Gasteiger charge is 2.47. The van der Waals surface area contributed by atoms with E-state index in [1.807, 2.05) is 0 Å². The van der Waals surface area contributed by atoms with Gasteiger partial charge in [0.1, 0.15) is 23.4 Å². The minimum absolute atomic E-state index is 0.0360. The van der Waals surface area contributed by atoms with Crippen LogP contribution in [0, 0.1) is 17.1 Å². The second-order valence-corrected chi connectivity index (χ2v) is 8.45. The molecule has 0 radical (unpaired) electrons. The number of benzene rings is 2. The van der Waals surface area contributed by atoms with Gasteiger partial charge >= 0.3 is 5.97 Å². The number of esters is 1. The van der Waals surface area contributed by atoms with E-state index in [9.17, 15) is 27.1 Å². The quantitative estimate of drug-likeness (QED) is 0.752. The number of nitriles is 1. The molecule has 7 nitrogen and oxygen atoms in total. The first kappa shape index (κ1) is 20.7. The number of nitrogens with zero attached hydrogens (tertiary/aromatic N) is 1. The van der Waals surface area contributed by atoms with Crippen LogP contribution in [0.25, 0.3) is 0 Å². The van der Waals surface area contributed by atoms with Crippen molar-refractivity contribution in [2.45, 2.75) is 30.2 Å². The molecular weight excluding hydrogens is 408 g/mol. The molecular formula is C19H15F2NO6S. The molecule has 1 aliphatic rings. The van der Waals surface area contributed by atoms with E-state index in [0.29, 0.717) is 0 Å². The lowest BCUT2D eigenvalue weighted by molar-refractivity contribution is -0.151. The second-order valence-electron chi connectivity index (χ2n) is 6.47. The van der Waals surface area contributed by atoms with Gasteiger partial charge in [0.15, 0.2) is 22.1 Å². The van der Waals surface area contributed by atoms with Gasteiger partial charge in [0, 0.05) is 30.4 Å². The SMILES string of the molecule is CC(=O)O[C@H]1c2c(S(C)(=O)=O)ccc(Oc3cc(F)cc(C#N)c3)c2[C@@H](O)[C@H]1F. The van der Waals surface area contributed by atoms with Gasteiger partial charge in [-0.3, -0.25) is 4.79 Å². The van der Waals surface area contributed by atoms with E-state index in [1.165, 1.54) is 12.1 Å². The summed E-state index contributed by atoms with van der Waals surface area (Å²) in [6.07, 6.45) is -4.76. The lowest BCUT2D eigenvalue weighted by Gasteiger charge is -2.17. The predicted octanol–water partition coefficient (Wildman–Crippen LogP) is 2.88. The van der Waals surface area contributed by atoms with Crippen molar-refractivity contribution in [2.24, 2.45) is 0 Å². The molecule has 3 rings (SSSR count). The predicted molar refractivity (Wildman–Crippen MR) is 95.1 cm³/mol. The number of aliphatic hydroxyl groups is 1. The van der Waals surface area contributed by atoms with Gasteiger partial charge in [-0.25, -0.2) is 17.2 Å². The summed E-state index contributed by atoms with van der Waals surface area (Å²) in [5.74, 6) is -1.90. The van der Waals surface area contributed by atoms with E-state index in [-0.39, 0.29) is 33.1 Å². The van der Waals surface area contributed by atoms with Crippen molar-refractivity contribution in [3.05, 3.63) is 52.8 Å². The Morgan fingerprint density at radius 2 is 1.93 bits per heavy atom. The number of ether oxygens (including phenoxy) is 2. The van der Waals surface area contributed by atoms with Gasteiger partial charge < -0.3 is 14.6 Å². The summed E-state index contributed by atoms with van der Waals surface area (Å²) in [6.45, 7) is 1.02. The summed E-state index contributed by atoms with van der Waals surface area (Å²) in [7, 11) is -3.88. The lowest BCUT2D eigenvalue weighted by Crippen LogP contribution is -2.19. The van der Waals surface area contributed by atoms with Crippen molar-refractivity contribution >= 4 is 15.8 Å². The molecule has 0 aliphatic heterocycles. The maximum absolute atomic E-state index is 14.7. The van der Waals surface area contributed by atoms with Crippen LogP contribution in [0.15, 0.2) is 35.2 Å². The monoisotopic (exact) mass is 423 g/mol. The third-order valence-corrected chi connectivity index (χ3v) is 5.45. The molecule has 0 amide bonds. The fraction of sp³-hybridized carbons (Fsp3) is 0.263. The van der Waals surface area contributed by atoms with E-state index < -0.39 is 40.0 Å². The van der Waals surface area contributed by atoms with Crippen molar-refractivity contribution in [3.8, 4) is 17.6 Å². The molecule has 3 atom stereocenters. The molecule has 0 saturated carbocycles. The van der Waals surface area contributed by atoms with Crippen LogP contribution in [-0.2, 0) is 19.4 Å². The highest BCUT2D eigenvalue weighted by molar-refractivity contribution is 7.90. The number of carbonyl (C=O) groups excluding carboxylic acids is 1. The number of sulfone groups is 1. The zero-order valence-electron chi connectivity index (χ0n) is 15.2. The van der Waals surface area contributed by atoms with Crippen LogP contribution in [0.1, 0.15) is 35.8 Å². The Morgan fingerprint density at radius 3 is 2.52 bits per heavy atom. The molecule has 0 bridgehead atoms.